The lowest BCUT2D eigenvalue weighted by Crippen LogP contribution is -2.26. The largest absolute Gasteiger partial charge is 0.497 e. The highest BCUT2D eigenvalue weighted by Crippen LogP contribution is 2.19. The smallest absolute Gasteiger partial charge is 0.227 e. The van der Waals surface area contributed by atoms with Crippen LogP contribution in [0.25, 0.3) is 0 Å². The van der Waals surface area contributed by atoms with E-state index in [2.05, 4.69) is 0 Å². The Kier molecular flexibility index (Phi) is 4.93. The van der Waals surface area contributed by atoms with Crippen molar-refractivity contribution in [1.29, 1.82) is 0 Å². The lowest BCUT2D eigenvalue weighted by molar-refractivity contribution is -0.118. The molecule has 21 heavy (non-hydrogen) atoms. The number of amides is 1. The van der Waals surface area contributed by atoms with E-state index in [-0.39, 0.29) is 11.7 Å². The Balaban J connectivity index is 1.93. The summed E-state index contributed by atoms with van der Waals surface area (Å²) < 4.78 is 17.9. The van der Waals surface area contributed by atoms with Crippen molar-refractivity contribution < 1.29 is 13.9 Å². The van der Waals surface area contributed by atoms with Crippen LogP contribution in [0.4, 0.5) is 10.1 Å². The molecule has 0 aliphatic carbocycles. The number of ether oxygens (including phenoxy) is 1. The fraction of sp³-hybridized carbons (Fsp3) is 0.235. The fourth-order valence-corrected chi connectivity index (χ4v) is 2.02. The van der Waals surface area contributed by atoms with E-state index in [4.69, 9.17) is 4.74 Å². The van der Waals surface area contributed by atoms with E-state index in [9.17, 15) is 9.18 Å². The van der Waals surface area contributed by atoms with Gasteiger partial charge in [0, 0.05) is 19.2 Å². The molecule has 2 aromatic rings. The van der Waals surface area contributed by atoms with Gasteiger partial charge in [-0.15, -0.1) is 0 Å². The first-order valence-electron chi connectivity index (χ1n) is 6.75. The van der Waals surface area contributed by atoms with Crippen molar-refractivity contribution in [2.75, 3.05) is 19.1 Å². The van der Waals surface area contributed by atoms with Crippen molar-refractivity contribution in [2.45, 2.75) is 12.8 Å². The zero-order chi connectivity index (χ0) is 15.2. The molecule has 4 heteroatoms. The quantitative estimate of drug-likeness (QED) is 0.843. The molecule has 0 aliphatic rings. The van der Waals surface area contributed by atoms with Crippen LogP contribution >= 0.6 is 0 Å². The maximum absolute atomic E-state index is 12.8. The van der Waals surface area contributed by atoms with E-state index in [0.29, 0.717) is 12.8 Å². The Morgan fingerprint density at radius 3 is 2.29 bits per heavy atom. The molecule has 0 unspecified atom stereocenters. The van der Waals surface area contributed by atoms with Gasteiger partial charge in [-0.1, -0.05) is 12.1 Å². The second-order valence-electron chi connectivity index (χ2n) is 4.78. The monoisotopic (exact) mass is 287 g/mol. The van der Waals surface area contributed by atoms with Gasteiger partial charge in [0.2, 0.25) is 5.91 Å². The number of methoxy groups -OCH3 is 1. The molecule has 110 valence electrons. The Labute approximate surface area is 124 Å². The molecule has 0 N–H and O–H groups in total. The van der Waals surface area contributed by atoms with Crippen molar-refractivity contribution in [3.63, 3.8) is 0 Å². The fourth-order valence-electron chi connectivity index (χ4n) is 2.02. The number of halogens is 1. The summed E-state index contributed by atoms with van der Waals surface area (Å²) in [6.07, 6.45) is 0.980. The van der Waals surface area contributed by atoms with Gasteiger partial charge in [-0.3, -0.25) is 4.79 Å². The van der Waals surface area contributed by atoms with Gasteiger partial charge in [0.15, 0.2) is 0 Å². The van der Waals surface area contributed by atoms with Crippen molar-refractivity contribution in [3.8, 4) is 5.75 Å². The van der Waals surface area contributed by atoms with Crippen LogP contribution in [0.1, 0.15) is 12.0 Å². The minimum absolute atomic E-state index is 0.0180. The highest BCUT2D eigenvalue weighted by atomic mass is 19.1. The number of carbonyl (C=O) groups excluding carboxylic acids is 1. The number of aryl methyl sites for hydroxylation is 1. The first-order valence-corrected chi connectivity index (χ1v) is 6.75. The Hall–Kier alpha value is -2.36. The van der Waals surface area contributed by atoms with Gasteiger partial charge in [-0.2, -0.15) is 0 Å². The van der Waals surface area contributed by atoms with Gasteiger partial charge in [0.1, 0.15) is 11.6 Å². The predicted octanol–water partition coefficient (Wildman–Crippen LogP) is 3.43. The normalized spacial score (nSPS) is 10.2. The van der Waals surface area contributed by atoms with Crippen molar-refractivity contribution >= 4 is 11.6 Å². The van der Waals surface area contributed by atoms with Crippen molar-refractivity contribution in [3.05, 3.63) is 59.9 Å². The van der Waals surface area contributed by atoms with Crippen LogP contribution in [-0.4, -0.2) is 20.1 Å². The standard InChI is InChI=1S/C17H18FNO2/c1-19(15-8-10-16(21-2)11-9-15)17(20)12-5-13-3-6-14(18)7-4-13/h3-4,6-11H,5,12H2,1-2H3. The molecule has 1 amide bonds. The van der Waals surface area contributed by atoms with E-state index >= 15 is 0 Å². The van der Waals surface area contributed by atoms with Gasteiger partial charge in [-0.05, 0) is 48.4 Å². The minimum Gasteiger partial charge on any atom is -0.497 e. The summed E-state index contributed by atoms with van der Waals surface area (Å²) >= 11 is 0. The van der Waals surface area contributed by atoms with Crippen LogP contribution in [0.15, 0.2) is 48.5 Å². The SMILES string of the molecule is COc1ccc(N(C)C(=O)CCc2ccc(F)cc2)cc1. The molecule has 0 atom stereocenters. The molecule has 0 fully saturated rings. The molecule has 0 saturated carbocycles. The maximum Gasteiger partial charge on any atom is 0.227 e. The molecule has 2 rings (SSSR count). The summed E-state index contributed by atoms with van der Waals surface area (Å²) in [7, 11) is 3.35. The van der Waals surface area contributed by atoms with E-state index in [1.54, 1.807) is 31.2 Å². The Morgan fingerprint density at radius 1 is 1.10 bits per heavy atom. The molecule has 0 aromatic heterocycles. The van der Waals surface area contributed by atoms with Gasteiger partial charge in [0.05, 0.1) is 7.11 Å². The summed E-state index contributed by atoms with van der Waals surface area (Å²) in [4.78, 5) is 13.8. The van der Waals surface area contributed by atoms with Gasteiger partial charge in [0.25, 0.3) is 0 Å². The number of hydrogen-bond acceptors (Lipinski definition) is 2. The number of hydrogen-bond donors (Lipinski definition) is 0. The topological polar surface area (TPSA) is 29.5 Å². The molecule has 3 nitrogen and oxygen atoms in total. The Bertz CT molecular complexity index is 593. The first kappa shape index (κ1) is 15.0. The second kappa shape index (κ2) is 6.88. The molecule has 0 spiro atoms. The predicted molar refractivity (Wildman–Crippen MR) is 81.1 cm³/mol. The van der Waals surface area contributed by atoms with Crippen molar-refractivity contribution in [2.24, 2.45) is 0 Å². The summed E-state index contributed by atoms with van der Waals surface area (Å²) in [6, 6.07) is 13.5. The number of nitrogens with zero attached hydrogens (tertiary/aromatic N) is 1. The highest BCUT2D eigenvalue weighted by Gasteiger charge is 2.11. The van der Waals surface area contributed by atoms with E-state index in [1.165, 1.54) is 12.1 Å². The number of rotatable bonds is 5. The molecule has 0 bridgehead atoms. The third-order valence-electron chi connectivity index (χ3n) is 3.37. The maximum atomic E-state index is 12.8. The van der Waals surface area contributed by atoms with Crippen LogP contribution in [0, 0.1) is 5.82 Å². The lowest BCUT2D eigenvalue weighted by Gasteiger charge is -2.17. The molecule has 0 aliphatic heterocycles. The zero-order valence-corrected chi connectivity index (χ0v) is 12.2. The molecular weight excluding hydrogens is 269 g/mol. The lowest BCUT2D eigenvalue weighted by atomic mass is 10.1. The summed E-state index contributed by atoms with van der Waals surface area (Å²) in [5, 5.41) is 0. The third-order valence-corrected chi connectivity index (χ3v) is 3.37. The summed E-state index contributed by atoms with van der Waals surface area (Å²) in [5.41, 5.74) is 1.77. The summed E-state index contributed by atoms with van der Waals surface area (Å²) in [6.45, 7) is 0. The van der Waals surface area contributed by atoms with Gasteiger partial charge < -0.3 is 9.64 Å². The first-order chi connectivity index (χ1) is 10.1. The van der Waals surface area contributed by atoms with Crippen molar-refractivity contribution in [1.82, 2.24) is 0 Å². The van der Waals surface area contributed by atoms with Crippen LogP contribution in [0.3, 0.4) is 0 Å². The Morgan fingerprint density at radius 2 is 1.71 bits per heavy atom. The number of anilines is 1. The summed E-state index contributed by atoms with van der Waals surface area (Å²) in [5.74, 6) is 0.510. The van der Waals surface area contributed by atoms with E-state index in [1.807, 2.05) is 24.3 Å². The van der Waals surface area contributed by atoms with E-state index < -0.39 is 0 Å². The average molecular weight is 287 g/mol. The highest BCUT2D eigenvalue weighted by molar-refractivity contribution is 5.92. The minimum atomic E-state index is -0.263. The van der Waals surface area contributed by atoms with Crippen LogP contribution in [0.2, 0.25) is 0 Å². The number of carbonyl (C=O) groups is 1. The molecular formula is C17H18FNO2. The van der Waals surface area contributed by atoms with Gasteiger partial charge >= 0.3 is 0 Å². The van der Waals surface area contributed by atoms with Crippen LogP contribution in [0.5, 0.6) is 5.75 Å². The molecule has 2 aromatic carbocycles. The third kappa shape index (κ3) is 4.05. The van der Waals surface area contributed by atoms with E-state index in [0.717, 1.165) is 17.0 Å². The average Bonchev–Trinajstić information content (AvgIpc) is 2.53. The molecule has 0 heterocycles. The van der Waals surface area contributed by atoms with Gasteiger partial charge in [-0.25, -0.2) is 4.39 Å². The zero-order valence-electron chi connectivity index (χ0n) is 12.2. The molecule has 0 saturated heterocycles. The second-order valence-corrected chi connectivity index (χ2v) is 4.78. The van der Waals surface area contributed by atoms with Crippen LogP contribution < -0.4 is 9.64 Å². The molecule has 0 radical (unpaired) electrons. The van der Waals surface area contributed by atoms with Crippen LogP contribution in [-0.2, 0) is 11.2 Å². The number of benzene rings is 2.